The lowest BCUT2D eigenvalue weighted by atomic mass is 10.3. The number of halogens is 2. The molecule has 0 aliphatic carbocycles. The molecule has 0 fully saturated rings. The van der Waals surface area contributed by atoms with Gasteiger partial charge in [0.1, 0.15) is 5.75 Å². The number of anilines is 1. The zero-order valence-corrected chi connectivity index (χ0v) is 11.3. The van der Waals surface area contributed by atoms with E-state index >= 15 is 0 Å². The molecule has 0 amide bonds. The van der Waals surface area contributed by atoms with Gasteiger partial charge < -0.3 is 10.5 Å². The number of hydrogen-bond acceptors (Lipinski definition) is 3. The maximum absolute atomic E-state index is 5.77. The third-order valence-electron chi connectivity index (χ3n) is 1.87. The standard InChI is InChI=1S/C11H8Br2N2O/c12-7-1-3-9(4-2-7)16-11-10(14)5-8(13)6-15-11/h1-6H,14H2. The molecule has 16 heavy (non-hydrogen) atoms. The Labute approximate surface area is 110 Å². The summed E-state index contributed by atoms with van der Waals surface area (Å²) in [4.78, 5) is 4.09. The summed E-state index contributed by atoms with van der Waals surface area (Å²) in [7, 11) is 0. The number of aromatic nitrogens is 1. The average molecular weight is 344 g/mol. The maximum atomic E-state index is 5.77. The van der Waals surface area contributed by atoms with Gasteiger partial charge in [-0.1, -0.05) is 15.9 Å². The van der Waals surface area contributed by atoms with Gasteiger partial charge in [0.2, 0.25) is 5.88 Å². The fourth-order valence-corrected chi connectivity index (χ4v) is 1.76. The number of ether oxygens (including phenoxy) is 1. The van der Waals surface area contributed by atoms with Crippen LogP contribution in [0.25, 0.3) is 0 Å². The van der Waals surface area contributed by atoms with Gasteiger partial charge in [-0.25, -0.2) is 4.98 Å². The highest BCUT2D eigenvalue weighted by atomic mass is 79.9. The molecule has 0 unspecified atom stereocenters. The molecule has 2 N–H and O–H groups in total. The van der Waals surface area contributed by atoms with Gasteiger partial charge in [-0.05, 0) is 46.3 Å². The largest absolute Gasteiger partial charge is 0.437 e. The highest BCUT2D eigenvalue weighted by Crippen LogP contribution is 2.27. The Morgan fingerprint density at radius 3 is 2.38 bits per heavy atom. The first kappa shape index (κ1) is 11.4. The van der Waals surface area contributed by atoms with Crippen molar-refractivity contribution in [2.45, 2.75) is 0 Å². The van der Waals surface area contributed by atoms with Crippen LogP contribution < -0.4 is 10.5 Å². The minimum absolute atomic E-state index is 0.408. The van der Waals surface area contributed by atoms with E-state index in [1.807, 2.05) is 24.3 Å². The molecule has 2 aromatic rings. The van der Waals surface area contributed by atoms with Gasteiger partial charge in [0.05, 0.1) is 5.69 Å². The SMILES string of the molecule is Nc1cc(Br)cnc1Oc1ccc(Br)cc1. The van der Waals surface area contributed by atoms with Crippen molar-refractivity contribution in [3.8, 4) is 11.6 Å². The average Bonchev–Trinajstić information content (AvgIpc) is 2.25. The predicted molar refractivity (Wildman–Crippen MR) is 70.6 cm³/mol. The highest BCUT2D eigenvalue weighted by Gasteiger charge is 2.04. The minimum atomic E-state index is 0.408. The van der Waals surface area contributed by atoms with E-state index in [1.54, 1.807) is 12.3 Å². The number of pyridine rings is 1. The summed E-state index contributed by atoms with van der Waals surface area (Å²) in [6, 6.07) is 9.22. The number of benzene rings is 1. The summed E-state index contributed by atoms with van der Waals surface area (Å²) in [6.45, 7) is 0. The van der Waals surface area contributed by atoms with Gasteiger partial charge in [0.15, 0.2) is 0 Å². The van der Waals surface area contributed by atoms with Gasteiger partial charge in [-0.2, -0.15) is 0 Å². The molecule has 2 rings (SSSR count). The third-order valence-corrected chi connectivity index (χ3v) is 2.84. The van der Waals surface area contributed by atoms with Crippen LogP contribution in [0.2, 0.25) is 0 Å². The van der Waals surface area contributed by atoms with Crippen LogP contribution in [0.5, 0.6) is 11.6 Å². The molecule has 1 aromatic carbocycles. The summed E-state index contributed by atoms with van der Waals surface area (Å²) in [6.07, 6.45) is 1.64. The van der Waals surface area contributed by atoms with E-state index in [1.165, 1.54) is 0 Å². The lowest BCUT2D eigenvalue weighted by molar-refractivity contribution is 0.465. The van der Waals surface area contributed by atoms with E-state index < -0.39 is 0 Å². The summed E-state index contributed by atoms with van der Waals surface area (Å²) >= 11 is 6.64. The second-order valence-electron chi connectivity index (χ2n) is 3.10. The predicted octanol–water partition coefficient (Wildman–Crippen LogP) is 3.98. The summed E-state index contributed by atoms with van der Waals surface area (Å²) in [5.41, 5.74) is 6.27. The zero-order valence-electron chi connectivity index (χ0n) is 8.15. The van der Waals surface area contributed by atoms with Crippen LogP contribution in [0.1, 0.15) is 0 Å². The normalized spacial score (nSPS) is 10.1. The molecule has 0 spiro atoms. The van der Waals surface area contributed by atoms with Crippen molar-refractivity contribution in [1.29, 1.82) is 0 Å². The van der Waals surface area contributed by atoms with E-state index in [9.17, 15) is 0 Å². The van der Waals surface area contributed by atoms with Crippen LogP contribution in [0.3, 0.4) is 0 Å². The summed E-state index contributed by atoms with van der Waals surface area (Å²) < 4.78 is 7.37. The Kier molecular flexibility index (Phi) is 3.46. The quantitative estimate of drug-likeness (QED) is 0.897. The topological polar surface area (TPSA) is 48.1 Å². The van der Waals surface area contributed by atoms with Crippen molar-refractivity contribution in [2.75, 3.05) is 5.73 Å². The van der Waals surface area contributed by atoms with E-state index in [0.717, 1.165) is 8.95 Å². The Hall–Kier alpha value is -1.07. The lowest BCUT2D eigenvalue weighted by Gasteiger charge is -2.07. The zero-order chi connectivity index (χ0) is 11.5. The molecule has 82 valence electrons. The molecule has 0 radical (unpaired) electrons. The van der Waals surface area contributed by atoms with Gasteiger partial charge in [-0.15, -0.1) is 0 Å². The second-order valence-corrected chi connectivity index (χ2v) is 4.94. The van der Waals surface area contributed by atoms with Crippen LogP contribution in [-0.2, 0) is 0 Å². The van der Waals surface area contributed by atoms with Crippen molar-refractivity contribution >= 4 is 37.5 Å². The van der Waals surface area contributed by atoms with Gasteiger partial charge in [0, 0.05) is 15.1 Å². The molecule has 0 saturated carbocycles. The molecule has 0 aliphatic heterocycles. The second kappa shape index (κ2) is 4.84. The first-order valence-corrected chi connectivity index (χ1v) is 6.08. The number of nitrogens with two attached hydrogens (primary N) is 1. The summed E-state index contributed by atoms with van der Waals surface area (Å²) in [5, 5.41) is 0. The Morgan fingerprint density at radius 2 is 1.75 bits per heavy atom. The highest BCUT2D eigenvalue weighted by molar-refractivity contribution is 9.10. The molecule has 0 atom stereocenters. The van der Waals surface area contributed by atoms with Crippen LogP contribution in [-0.4, -0.2) is 4.98 Å². The van der Waals surface area contributed by atoms with Crippen molar-refractivity contribution < 1.29 is 4.74 Å². The minimum Gasteiger partial charge on any atom is -0.437 e. The molecule has 0 bridgehead atoms. The number of nitrogens with zero attached hydrogens (tertiary/aromatic N) is 1. The Morgan fingerprint density at radius 1 is 1.06 bits per heavy atom. The van der Waals surface area contributed by atoms with Crippen molar-refractivity contribution in [3.63, 3.8) is 0 Å². The van der Waals surface area contributed by atoms with E-state index in [2.05, 4.69) is 36.8 Å². The Bertz CT molecular complexity index is 500. The maximum Gasteiger partial charge on any atom is 0.242 e. The number of rotatable bonds is 2. The third kappa shape index (κ3) is 2.74. The van der Waals surface area contributed by atoms with E-state index in [-0.39, 0.29) is 0 Å². The monoisotopic (exact) mass is 342 g/mol. The van der Waals surface area contributed by atoms with Crippen molar-refractivity contribution in [3.05, 3.63) is 45.5 Å². The number of nitrogen functional groups attached to an aromatic ring is 1. The van der Waals surface area contributed by atoms with Gasteiger partial charge in [-0.3, -0.25) is 0 Å². The molecule has 1 aromatic heterocycles. The van der Waals surface area contributed by atoms with E-state index in [4.69, 9.17) is 10.5 Å². The molecule has 1 heterocycles. The van der Waals surface area contributed by atoms with Crippen LogP contribution in [0.4, 0.5) is 5.69 Å². The first-order chi connectivity index (χ1) is 7.65. The fourth-order valence-electron chi connectivity index (χ4n) is 1.14. The van der Waals surface area contributed by atoms with Crippen molar-refractivity contribution in [1.82, 2.24) is 4.98 Å². The van der Waals surface area contributed by atoms with Gasteiger partial charge >= 0.3 is 0 Å². The van der Waals surface area contributed by atoms with Crippen LogP contribution >= 0.6 is 31.9 Å². The first-order valence-electron chi connectivity index (χ1n) is 4.49. The number of hydrogen-bond donors (Lipinski definition) is 1. The molecule has 0 saturated heterocycles. The lowest BCUT2D eigenvalue weighted by Crippen LogP contribution is -1.94. The summed E-state index contributed by atoms with van der Waals surface area (Å²) in [5.74, 6) is 1.11. The smallest absolute Gasteiger partial charge is 0.242 e. The van der Waals surface area contributed by atoms with Gasteiger partial charge in [0.25, 0.3) is 0 Å². The van der Waals surface area contributed by atoms with Crippen LogP contribution in [0, 0.1) is 0 Å². The van der Waals surface area contributed by atoms with E-state index in [0.29, 0.717) is 17.3 Å². The van der Waals surface area contributed by atoms with Crippen LogP contribution in [0.15, 0.2) is 45.5 Å². The Balaban J connectivity index is 2.23. The van der Waals surface area contributed by atoms with Crippen molar-refractivity contribution in [2.24, 2.45) is 0 Å². The molecular formula is C11H8Br2N2O. The molecule has 0 aliphatic rings. The molecule has 3 nitrogen and oxygen atoms in total. The molecular weight excluding hydrogens is 336 g/mol. The molecule has 5 heteroatoms. The fraction of sp³-hybridized carbons (Fsp3) is 0.